The maximum Gasteiger partial charge on any atom is 0.240 e. The van der Waals surface area contributed by atoms with Crippen LogP contribution in [0.15, 0.2) is 53.4 Å². The molecule has 1 atom stereocenters. The second kappa shape index (κ2) is 8.16. The first-order valence-electron chi connectivity index (χ1n) is 8.63. The number of nitrogens with one attached hydrogen (secondary N) is 1. The average molecular weight is 378 g/mol. The van der Waals surface area contributed by atoms with E-state index in [1.807, 2.05) is 24.3 Å². The van der Waals surface area contributed by atoms with Crippen LogP contribution in [0, 0.1) is 5.82 Å². The van der Waals surface area contributed by atoms with Crippen LogP contribution in [0.1, 0.15) is 24.4 Å². The summed E-state index contributed by atoms with van der Waals surface area (Å²) in [6.07, 6.45) is 2.19. The highest BCUT2D eigenvalue weighted by Crippen LogP contribution is 2.27. The summed E-state index contributed by atoms with van der Waals surface area (Å²) in [7, 11) is -2.17. The number of nitrogens with zero attached hydrogens (tertiary/aromatic N) is 1. The number of sulfonamides is 1. The Balaban J connectivity index is 1.81. The molecule has 0 spiro atoms. The molecule has 2 aromatic carbocycles. The summed E-state index contributed by atoms with van der Waals surface area (Å²) in [5, 5.41) is 0. The van der Waals surface area contributed by atoms with E-state index in [-0.39, 0.29) is 17.5 Å². The molecule has 0 saturated carbocycles. The van der Waals surface area contributed by atoms with Crippen molar-refractivity contribution >= 4 is 10.0 Å². The van der Waals surface area contributed by atoms with Crippen molar-refractivity contribution in [2.75, 3.05) is 26.7 Å². The number of rotatable bonds is 7. The summed E-state index contributed by atoms with van der Waals surface area (Å²) < 4.78 is 46.4. The molecule has 1 unspecified atom stereocenters. The van der Waals surface area contributed by atoms with Crippen molar-refractivity contribution < 1.29 is 17.5 Å². The van der Waals surface area contributed by atoms with Gasteiger partial charge in [0.25, 0.3) is 0 Å². The summed E-state index contributed by atoms with van der Waals surface area (Å²) in [5.74, 6) is 0.163. The van der Waals surface area contributed by atoms with Crippen LogP contribution in [0.5, 0.6) is 5.75 Å². The third-order valence-electron chi connectivity index (χ3n) is 4.63. The molecule has 0 aliphatic carbocycles. The SMILES string of the molecule is COc1cccc(C(CNS(=O)(=O)c2cccc(F)c2)N2CCCC2)c1. The van der Waals surface area contributed by atoms with Crippen LogP contribution in [-0.4, -0.2) is 40.1 Å². The summed E-state index contributed by atoms with van der Waals surface area (Å²) >= 11 is 0. The number of benzene rings is 2. The molecule has 1 aliphatic rings. The first-order chi connectivity index (χ1) is 12.5. The lowest BCUT2D eigenvalue weighted by atomic mass is 10.1. The van der Waals surface area contributed by atoms with Crippen molar-refractivity contribution in [1.29, 1.82) is 0 Å². The van der Waals surface area contributed by atoms with Gasteiger partial charge >= 0.3 is 0 Å². The average Bonchev–Trinajstić information content (AvgIpc) is 3.16. The summed E-state index contributed by atoms with van der Waals surface area (Å²) in [6.45, 7) is 2.05. The van der Waals surface area contributed by atoms with Gasteiger partial charge in [-0.15, -0.1) is 0 Å². The fraction of sp³-hybridized carbons (Fsp3) is 0.368. The lowest BCUT2D eigenvalue weighted by molar-refractivity contribution is 0.246. The first-order valence-corrected chi connectivity index (χ1v) is 10.1. The standard InChI is InChI=1S/C19H23FN2O3S/c1-25-17-8-4-6-15(12-17)19(22-10-2-3-11-22)14-21-26(23,24)18-9-5-7-16(20)13-18/h4-9,12-13,19,21H,2-3,10-11,14H2,1H3. The quantitative estimate of drug-likeness (QED) is 0.805. The fourth-order valence-electron chi connectivity index (χ4n) is 3.27. The summed E-state index contributed by atoms with van der Waals surface area (Å²) in [5.41, 5.74) is 0.994. The molecule has 0 aromatic heterocycles. The summed E-state index contributed by atoms with van der Waals surface area (Å²) in [6, 6.07) is 12.6. The van der Waals surface area contributed by atoms with Crippen LogP contribution >= 0.6 is 0 Å². The smallest absolute Gasteiger partial charge is 0.240 e. The monoisotopic (exact) mass is 378 g/mol. The van der Waals surface area contributed by atoms with Gasteiger partial charge in [-0.3, -0.25) is 4.90 Å². The van der Waals surface area contributed by atoms with Crippen LogP contribution in [0.2, 0.25) is 0 Å². The largest absolute Gasteiger partial charge is 0.497 e. The van der Waals surface area contributed by atoms with Gasteiger partial charge in [0.15, 0.2) is 0 Å². The maximum atomic E-state index is 13.4. The molecule has 1 N–H and O–H groups in total. The number of ether oxygens (including phenoxy) is 1. The van der Waals surface area contributed by atoms with Crippen LogP contribution in [0.3, 0.4) is 0 Å². The molecule has 0 bridgehead atoms. The van der Waals surface area contributed by atoms with Gasteiger partial charge in [0.1, 0.15) is 11.6 Å². The van der Waals surface area contributed by atoms with Gasteiger partial charge in [0, 0.05) is 12.6 Å². The van der Waals surface area contributed by atoms with E-state index in [0.717, 1.165) is 43.3 Å². The van der Waals surface area contributed by atoms with Gasteiger partial charge in [0.2, 0.25) is 10.0 Å². The van der Waals surface area contributed by atoms with Crippen LogP contribution in [0.25, 0.3) is 0 Å². The third-order valence-corrected chi connectivity index (χ3v) is 6.05. The molecule has 26 heavy (non-hydrogen) atoms. The molecule has 2 aromatic rings. The second-order valence-electron chi connectivity index (χ2n) is 6.34. The predicted molar refractivity (Wildman–Crippen MR) is 98.1 cm³/mol. The van der Waals surface area contributed by atoms with Gasteiger partial charge in [0.05, 0.1) is 12.0 Å². The van der Waals surface area contributed by atoms with Crippen LogP contribution in [0.4, 0.5) is 4.39 Å². The fourth-order valence-corrected chi connectivity index (χ4v) is 4.34. The molecule has 3 rings (SSSR count). The predicted octanol–water partition coefficient (Wildman–Crippen LogP) is 2.95. The number of methoxy groups -OCH3 is 1. The van der Waals surface area contributed by atoms with E-state index in [9.17, 15) is 12.8 Å². The Morgan fingerprint density at radius 2 is 1.88 bits per heavy atom. The van der Waals surface area contributed by atoms with E-state index in [1.165, 1.54) is 18.2 Å². The van der Waals surface area contributed by atoms with Crippen molar-refractivity contribution in [2.24, 2.45) is 0 Å². The molecular formula is C19H23FN2O3S. The maximum absolute atomic E-state index is 13.4. The Morgan fingerprint density at radius 1 is 1.15 bits per heavy atom. The Morgan fingerprint density at radius 3 is 2.58 bits per heavy atom. The normalized spacial score (nSPS) is 16.5. The Kier molecular flexibility index (Phi) is 5.90. The molecular weight excluding hydrogens is 355 g/mol. The minimum absolute atomic E-state index is 0.0664. The Labute approximate surface area is 153 Å². The van der Waals surface area contributed by atoms with Crippen LogP contribution < -0.4 is 9.46 Å². The topological polar surface area (TPSA) is 58.6 Å². The number of hydrogen-bond donors (Lipinski definition) is 1. The summed E-state index contributed by atoms with van der Waals surface area (Å²) in [4.78, 5) is 2.20. The Hall–Kier alpha value is -1.96. The van der Waals surface area contributed by atoms with Gasteiger partial charge in [-0.2, -0.15) is 0 Å². The van der Waals surface area contributed by atoms with Crippen LogP contribution in [-0.2, 0) is 10.0 Å². The highest BCUT2D eigenvalue weighted by atomic mass is 32.2. The van der Waals surface area contributed by atoms with E-state index in [2.05, 4.69) is 9.62 Å². The minimum Gasteiger partial charge on any atom is -0.497 e. The van der Waals surface area contributed by atoms with E-state index in [1.54, 1.807) is 7.11 Å². The van der Waals surface area contributed by atoms with Gasteiger partial charge in [-0.25, -0.2) is 17.5 Å². The third kappa shape index (κ3) is 4.41. The number of hydrogen-bond acceptors (Lipinski definition) is 4. The second-order valence-corrected chi connectivity index (χ2v) is 8.11. The molecule has 1 fully saturated rings. The molecule has 0 amide bonds. The Bertz CT molecular complexity index is 851. The highest BCUT2D eigenvalue weighted by molar-refractivity contribution is 7.89. The molecule has 5 nitrogen and oxygen atoms in total. The lowest BCUT2D eigenvalue weighted by Crippen LogP contribution is -2.36. The van der Waals surface area contributed by atoms with Gasteiger partial charge in [-0.05, 0) is 61.8 Å². The van der Waals surface area contributed by atoms with Crippen molar-refractivity contribution in [3.8, 4) is 5.75 Å². The molecule has 1 aliphatic heterocycles. The molecule has 1 heterocycles. The van der Waals surface area contributed by atoms with E-state index in [4.69, 9.17) is 4.74 Å². The molecule has 1 saturated heterocycles. The van der Waals surface area contributed by atoms with E-state index in [0.29, 0.717) is 0 Å². The highest BCUT2D eigenvalue weighted by Gasteiger charge is 2.26. The van der Waals surface area contributed by atoms with Crippen molar-refractivity contribution in [3.05, 3.63) is 59.9 Å². The molecule has 0 radical (unpaired) electrons. The minimum atomic E-state index is -3.78. The zero-order chi connectivity index (χ0) is 18.6. The van der Waals surface area contributed by atoms with Crippen molar-refractivity contribution in [2.45, 2.75) is 23.8 Å². The zero-order valence-electron chi connectivity index (χ0n) is 14.7. The number of halogens is 1. The van der Waals surface area contributed by atoms with Crippen molar-refractivity contribution in [3.63, 3.8) is 0 Å². The molecule has 140 valence electrons. The van der Waals surface area contributed by atoms with E-state index < -0.39 is 15.8 Å². The van der Waals surface area contributed by atoms with Gasteiger partial charge in [-0.1, -0.05) is 18.2 Å². The zero-order valence-corrected chi connectivity index (χ0v) is 15.5. The number of likely N-dealkylation sites (tertiary alicyclic amines) is 1. The first kappa shape index (κ1) is 18.8. The molecule has 7 heteroatoms. The van der Waals surface area contributed by atoms with E-state index >= 15 is 0 Å². The van der Waals surface area contributed by atoms with Gasteiger partial charge < -0.3 is 4.74 Å². The lowest BCUT2D eigenvalue weighted by Gasteiger charge is -2.28. The van der Waals surface area contributed by atoms with Crippen molar-refractivity contribution in [1.82, 2.24) is 9.62 Å².